The molecule has 4 rings (SSSR count). The molecule has 4 atom stereocenters. The maximum atomic E-state index is 12.5. The van der Waals surface area contributed by atoms with Crippen LogP contribution >= 0.6 is 23.3 Å². The average molecular weight is 467 g/mol. The molecule has 1 amide bonds. The van der Waals surface area contributed by atoms with E-state index in [1.807, 2.05) is 30.0 Å². The van der Waals surface area contributed by atoms with Crippen LogP contribution in [0.1, 0.15) is 25.1 Å². The normalized spacial score (nSPS) is 24.1. The number of aliphatic hydroxyl groups is 1. The Morgan fingerprint density at radius 1 is 1.45 bits per heavy atom. The fraction of sp³-hybridized carbons (Fsp3) is 0.550. The molecule has 5 N–H and O–H groups in total. The number of thiazole rings is 1. The van der Waals surface area contributed by atoms with E-state index in [9.17, 15) is 19.8 Å². The molecule has 168 valence electrons. The molecule has 2 aliphatic rings. The number of carboxylic acids is 1. The standard InChI is InChI=1S/C20H27N5O4S2/c1-11-15(18(20(28)29)25-17(11)16(12(2)26)19(25)27)13-8-23-10-24(9-14(23)31-13)30-7-3-5-22-6-4-21/h8-12,16-17,22,26H,3-7,21H2,1-2H3/p+1/t11-,12+,16+,17+/m0/s1. The number of hydrogen-bond donors (Lipinski definition) is 4. The first kappa shape index (κ1) is 22.3. The summed E-state index contributed by atoms with van der Waals surface area (Å²) < 4.78 is 4.05. The molecule has 4 heterocycles. The summed E-state index contributed by atoms with van der Waals surface area (Å²) in [5.74, 6) is -1.15. The van der Waals surface area contributed by atoms with E-state index in [4.69, 9.17) is 5.73 Å². The van der Waals surface area contributed by atoms with Gasteiger partial charge in [-0.15, -0.1) is 0 Å². The predicted octanol–water partition coefficient (Wildman–Crippen LogP) is 0.376. The predicted molar refractivity (Wildman–Crippen MR) is 119 cm³/mol. The van der Waals surface area contributed by atoms with Crippen LogP contribution in [0, 0.1) is 11.8 Å². The van der Waals surface area contributed by atoms with Gasteiger partial charge in [0.15, 0.2) is 6.20 Å². The molecule has 31 heavy (non-hydrogen) atoms. The van der Waals surface area contributed by atoms with Crippen LogP contribution in [-0.4, -0.2) is 68.5 Å². The van der Waals surface area contributed by atoms with Crippen molar-refractivity contribution in [2.75, 3.05) is 25.4 Å². The van der Waals surface area contributed by atoms with Gasteiger partial charge in [0.2, 0.25) is 10.7 Å². The van der Waals surface area contributed by atoms with E-state index in [1.165, 1.54) is 16.2 Å². The smallest absolute Gasteiger partial charge is 0.352 e. The van der Waals surface area contributed by atoms with Crippen LogP contribution in [0.3, 0.4) is 0 Å². The Labute approximate surface area is 188 Å². The van der Waals surface area contributed by atoms with E-state index < -0.39 is 18.0 Å². The third kappa shape index (κ3) is 3.89. The van der Waals surface area contributed by atoms with Crippen molar-refractivity contribution >= 4 is 45.6 Å². The molecule has 9 nitrogen and oxygen atoms in total. The number of carbonyl (C=O) groups is 2. The number of β-lactam (4-membered cyclic amide) rings is 1. The molecule has 0 saturated carbocycles. The summed E-state index contributed by atoms with van der Waals surface area (Å²) in [5.41, 5.74) is 6.19. The van der Waals surface area contributed by atoms with Crippen molar-refractivity contribution in [1.29, 1.82) is 0 Å². The zero-order valence-corrected chi connectivity index (χ0v) is 19.2. The zero-order chi connectivity index (χ0) is 22.3. The van der Waals surface area contributed by atoms with Gasteiger partial charge in [-0.25, -0.2) is 4.79 Å². The van der Waals surface area contributed by atoms with Crippen LogP contribution in [0.5, 0.6) is 0 Å². The summed E-state index contributed by atoms with van der Waals surface area (Å²) in [4.78, 5) is 27.8. The lowest BCUT2D eigenvalue weighted by molar-refractivity contribution is -0.507. The number of carbonyl (C=O) groups excluding carboxylic acids is 1. The SMILES string of the molecule is C[C@@H](O)[C@H]1C(=O)N2C(C(=O)O)=C(c3c[n+]4cn(SCCCNCCN)cc4s3)[C@H](C)[C@H]12. The number of hydrogen-bond acceptors (Lipinski definition) is 7. The minimum atomic E-state index is -1.10. The van der Waals surface area contributed by atoms with Crippen molar-refractivity contribution < 1.29 is 24.2 Å². The Hall–Kier alpha value is -1.92. The van der Waals surface area contributed by atoms with Gasteiger partial charge in [-0.1, -0.05) is 18.3 Å². The molecule has 11 heteroatoms. The van der Waals surface area contributed by atoms with Crippen LogP contribution in [0.2, 0.25) is 0 Å². The average Bonchev–Trinajstić information content (AvgIpc) is 3.32. The monoisotopic (exact) mass is 466 g/mol. The number of carboxylic acid groups (broad SMARTS) is 1. The molecule has 0 aromatic carbocycles. The maximum Gasteiger partial charge on any atom is 0.352 e. The number of aliphatic carboxylic acids is 1. The van der Waals surface area contributed by atoms with Crippen molar-refractivity contribution in [3.05, 3.63) is 29.3 Å². The van der Waals surface area contributed by atoms with Gasteiger partial charge < -0.3 is 26.2 Å². The minimum Gasteiger partial charge on any atom is -0.477 e. The number of aromatic nitrogens is 2. The fourth-order valence-corrected chi connectivity index (χ4v) is 6.56. The molecule has 0 bridgehead atoms. The van der Waals surface area contributed by atoms with Crippen LogP contribution < -0.4 is 15.5 Å². The molecule has 2 aromatic heterocycles. The van der Waals surface area contributed by atoms with Crippen molar-refractivity contribution in [3.8, 4) is 0 Å². The third-order valence-electron chi connectivity index (χ3n) is 5.90. The summed E-state index contributed by atoms with van der Waals surface area (Å²) in [7, 11) is 0. The van der Waals surface area contributed by atoms with Crippen LogP contribution in [0.25, 0.3) is 10.4 Å². The van der Waals surface area contributed by atoms with E-state index in [2.05, 4.69) is 9.29 Å². The summed E-state index contributed by atoms with van der Waals surface area (Å²) in [6, 6.07) is -0.302. The van der Waals surface area contributed by atoms with Gasteiger partial charge in [0.05, 0.1) is 34.9 Å². The Balaban J connectivity index is 1.52. The van der Waals surface area contributed by atoms with Crippen molar-refractivity contribution in [2.45, 2.75) is 32.4 Å². The number of nitrogens with one attached hydrogen (secondary N) is 1. The van der Waals surface area contributed by atoms with Crippen LogP contribution in [0.4, 0.5) is 0 Å². The van der Waals surface area contributed by atoms with Crippen LogP contribution in [-0.2, 0) is 9.59 Å². The Morgan fingerprint density at radius 3 is 2.87 bits per heavy atom. The summed E-state index contributed by atoms with van der Waals surface area (Å²) in [6.45, 7) is 5.94. The van der Waals surface area contributed by atoms with E-state index in [1.54, 1.807) is 18.9 Å². The second kappa shape index (κ2) is 8.91. The molecule has 0 spiro atoms. The second-order valence-electron chi connectivity index (χ2n) is 7.99. The zero-order valence-electron chi connectivity index (χ0n) is 17.5. The lowest BCUT2D eigenvalue weighted by Crippen LogP contribution is -2.63. The van der Waals surface area contributed by atoms with Gasteiger partial charge in [0.25, 0.3) is 6.33 Å². The number of rotatable bonds is 10. The molecule has 2 aliphatic heterocycles. The largest absolute Gasteiger partial charge is 0.477 e. The number of imidazole rings is 1. The summed E-state index contributed by atoms with van der Waals surface area (Å²) in [5, 5.41) is 23.1. The van der Waals surface area contributed by atoms with Crippen molar-refractivity contribution in [3.63, 3.8) is 0 Å². The highest BCUT2D eigenvalue weighted by atomic mass is 32.2. The number of nitrogens with zero attached hydrogens (tertiary/aromatic N) is 3. The molecular weight excluding hydrogens is 438 g/mol. The van der Waals surface area contributed by atoms with E-state index >= 15 is 0 Å². The topological polar surface area (TPSA) is 125 Å². The number of aliphatic hydroxyl groups excluding tert-OH is 1. The third-order valence-corrected chi connectivity index (χ3v) is 7.94. The number of fused-ring (bicyclic) bond motifs is 2. The second-order valence-corrected chi connectivity index (χ2v) is 10.1. The summed E-state index contributed by atoms with van der Waals surface area (Å²) >= 11 is 3.23. The lowest BCUT2D eigenvalue weighted by atomic mass is 9.77. The maximum absolute atomic E-state index is 12.5. The van der Waals surface area contributed by atoms with Crippen molar-refractivity contribution in [1.82, 2.24) is 14.2 Å². The van der Waals surface area contributed by atoms with Crippen LogP contribution in [0.15, 0.2) is 24.4 Å². The minimum absolute atomic E-state index is 0.0520. The molecule has 0 aliphatic carbocycles. The highest BCUT2D eigenvalue weighted by molar-refractivity contribution is 7.97. The Kier molecular flexibility index (Phi) is 6.40. The fourth-order valence-electron chi connectivity index (χ4n) is 4.51. The Morgan fingerprint density at radius 2 is 2.23 bits per heavy atom. The summed E-state index contributed by atoms with van der Waals surface area (Å²) in [6.07, 6.45) is 6.18. The highest BCUT2D eigenvalue weighted by Crippen LogP contribution is 2.51. The number of nitrogens with two attached hydrogens (primary N) is 1. The van der Waals surface area contributed by atoms with Gasteiger partial charge in [0, 0.05) is 30.3 Å². The number of amides is 1. The quantitative estimate of drug-likeness (QED) is 0.227. The first-order valence-electron chi connectivity index (χ1n) is 10.4. The van der Waals surface area contributed by atoms with Gasteiger partial charge in [-0.2, -0.15) is 8.37 Å². The van der Waals surface area contributed by atoms with Gasteiger partial charge >= 0.3 is 5.97 Å². The van der Waals surface area contributed by atoms with Gasteiger partial charge in [-0.3, -0.25) is 4.79 Å². The van der Waals surface area contributed by atoms with E-state index in [0.29, 0.717) is 12.1 Å². The first-order chi connectivity index (χ1) is 14.8. The van der Waals surface area contributed by atoms with E-state index in [0.717, 1.165) is 35.0 Å². The molecule has 1 fully saturated rings. The van der Waals surface area contributed by atoms with Gasteiger partial charge in [0.1, 0.15) is 11.9 Å². The Bertz CT molecular complexity index is 999. The first-order valence-corrected chi connectivity index (χ1v) is 12.2. The lowest BCUT2D eigenvalue weighted by Gasteiger charge is -2.46. The molecular formula is C20H28N5O4S2+. The van der Waals surface area contributed by atoms with Gasteiger partial charge in [-0.05, 0) is 19.9 Å². The molecule has 1 saturated heterocycles. The molecule has 2 aromatic rings. The highest BCUT2D eigenvalue weighted by Gasteiger charge is 2.60. The molecule has 0 radical (unpaired) electrons. The van der Waals surface area contributed by atoms with Crippen molar-refractivity contribution in [2.24, 2.45) is 17.6 Å². The molecule has 0 unspecified atom stereocenters. The van der Waals surface area contributed by atoms with E-state index in [-0.39, 0.29) is 23.6 Å².